The van der Waals surface area contributed by atoms with Crippen LogP contribution in [0.25, 0.3) is 0 Å². The number of nitrogens with zero attached hydrogens (tertiary/aromatic N) is 1. The third-order valence-corrected chi connectivity index (χ3v) is 9.97. The molecule has 0 aliphatic carbocycles. The lowest BCUT2D eigenvalue weighted by molar-refractivity contribution is -0.870. The molecule has 0 bridgehead atoms. The number of hydrogen-bond acceptors (Lipinski definition) is 8. The lowest BCUT2D eigenvalue weighted by atomic mass is 10.0. The summed E-state index contributed by atoms with van der Waals surface area (Å²) in [5, 5.41) is 11.7. The highest BCUT2D eigenvalue weighted by Crippen LogP contribution is 2.14. The third kappa shape index (κ3) is 44.6. The second-order valence-corrected chi connectivity index (χ2v) is 17.0. The Morgan fingerprint density at radius 3 is 1.39 bits per heavy atom. The zero-order chi connectivity index (χ0) is 44.9. The number of esters is 2. The Bertz CT molecular complexity index is 1230. The average molecular weight is 856 g/mol. The summed E-state index contributed by atoms with van der Waals surface area (Å²) in [7, 11) is 5.90. The zero-order valence-electron chi connectivity index (χ0n) is 39.5. The summed E-state index contributed by atoms with van der Waals surface area (Å²) in [5.74, 6) is -2.30. The SMILES string of the molecule is CC/C=C\C/C=C\C/C=C\C/C=C\C/C=C\C/C=C\CCCCCCCCCCCCC(=O)OC(COC(=O)CCCCCCCCC)COC(OCC[N+](C)(C)C)C(=O)[O-]. The Labute approximate surface area is 373 Å². The maximum atomic E-state index is 12.7. The van der Waals surface area contributed by atoms with Crippen molar-refractivity contribution in [1.82, 2.24) is 0 Å². The Morgan fingerprint density at radius 2 is 0.934 bits per heavy atom. The summed E-state index contributed by atoms with van der Waals surface area (Å²) in [6, 6.07) is 0. The standard InChI is InChI=1S/C52H89NO8/c1-6-8-10-12-14-15-16-17-18-19-20-21-22-23-24-25-26-27-28-29-30-31-32-33-34-35-37-39-41-43-50(55)61-48(46-59-49(54)42-40-38-36-13-11-9-7-2)47-60-52(51(56)57)58-45-44-53(3,4)5/h8,10,14-15,17-18,20-21,23-24,26-27,48,52H,6-7,9,11-13,16,19,22,25,28-47H2,1-5H3/b10-8-,15-14-,18-17-,21-20-,24-23-,27-26-. The molecule has 0 spiro atoms. The fraction of sp³-hybridized carbons (Fsp3) is 0.712. The topological polar surface area (TPSA) is 111 Å². The maximum absolute atomic E-state index is 12.7. The molecule has 0 radical (unpaired) electrons. The van der Waals surface area contributed by atoms with E-state index in [2.05, 4.69) is 86.8 Å². The van der Waals surface area contributed by atoms with Gasteiger partial charge in [0, 0.05) is 12.8 Å². The third-order valence-electron chi connectivity index (χ3n) is 9.97. The van der Waals surface area contributed by atoms with Crippen molar-refractivity contribution in [3.8, 4) is 0 Å². The average Bonchev–Trinajstić information content (AvgIpc) is 3.22. The van der Waals surface area contributed by atoms with E-state index in [9.17, 15) is 19.5 Å². The quantitative estimate of drug-likeness (QED) is 0.0196. The van der Waals surface area contributed by atoms with Crippen molar-refractivity contribution in [3.05, 3.63) is 72.9 Å². The van der Waals surface area contributed by atoms with Crippen molar-refractivity contribution in [2.24, 2.45) is 0 Å². The van der Waals surface area contributed by atoms with Crippen LogP contribution in [0.4, 0.5) is 0 Å². The van der Waals surface area contributed by atoms with E-state index in [4.69, 9.17) is 18.9 Å². The van der Waals surface area contributed by atoms with E-state index in [1.54, 1.807) is 0 Å². The Morgan fingerprint density at radius 1 is 0.508 bits per heavy atom. The molecule has 0 N–H and O–H groups in total. The summed E-state index contributed by atoms with van der Waals surface area (Å²) < 4.78 is 22.5. The van der Waals surface area contributed by atoms with Crippen LogP contribution in [0.2, 0.25) is 0 Å². The van der Waals surface area contributed by atoms with Gasteiger partial charge in [-0.05, 0) is 64.2 Å². The fourth-order valence-corrected chi connectivity index (χ4v) is 6.24. The van der Waals surface area contributed by atoms with Crippen LogP contribution in [0.5, 0.6) is 0 Å². The highest BCUT2D eigenvalue weighted by Gasteiger charge is 2.21. The minimum atomic E-state index is -1.62. The molecule has 0 fully saturated rings. The highest BCUT2D eigenvalue weighted by atomic mass is 16.7. The van der Waals surface area contributed by atoms with Gasteiger partial charge in [0.25, 0.3) is 0 Å². The van der Waals surface area contributed by atoms with E-state index in [1.165, 1.54) is 64.2 Å². The molecule has 0 amide bonds. The number of hydrogen-bond donors (Lipinski definition) is 0. The van der Waals surface area contributed by atoms with Gasteiger partial charge >= 0.3 is 11.9 Å². The lowest BCUT2D eigenvalue weighted by Gasteiger charge is -2.26. The molecule has 0 aliphatic rings. The van der Waals surface area contributed by atoms with Crippen molar-refractivity contribution in [1.29, 1.82) is 0 Å². The largest absolute Gasteiger partial charge is 0.545 e. The molecule has 61 heavy (non-hydrogen) atoms. The van der Waals surface area contributed by atoms with E-state index in [1.807, 2.05) is 21.1 Å². The van der Waals surface area contributed by atoms with Crippen molar-refractivity contribution in [2.75, 3.05) is 47.5 Å². The fourth-order valence-electron chi connectivity index (χ4n) is 6.24. The van der Waals surface area contributed by atoms with Gasteiger partial charge in [0.05, 0.1) is 40.3 Å². The van der Waals surface area contributed by atoms with E-state index < -0.39 is 24.3 Å². The molecule has 0 rings (SSSR count). The molecule has 0 saturated heterocycles. The molecule has 0 saturated carbocycles. The van der Waals surface area contributed by atoms with Crippen molar-refractivity contribution >= 4 is 17.9 Å². The number of carboxylic acid groups (broad SMARTS) is 1. The summed E-state index contributed by atoms with van der Waals surface area (Å²) in [6.45, 7) is 4.56. The molecular weight excluding hydrogens is 767 g/mol. The van der Waals surface area contributed by atoms with Crippen LogP contribution < -0.4 is 5.11 Å². The van der Waals surface area contributed by atoms with Gasteiger partial charge in [-0.15, -0.1) is 0 Å². The first-order valence-corrected chi connectivity index (χ1v) is 24.1. The van der Waals surface area contributed by atoms with Crippen LogP contribution in [0.15, 0.2) is 72.9 Å². The number of ether oxygens (including phenoxy) is 4. The lowest BCUT2D eigenvalue weighted by Crippen LogP contribution is -2.44. The van der Waals surface area contributed by atoms with Gasteiger partial charge in [0.15, 0.2) is 12.4 Å². The maximum Gasteiger partial charge on any atom is 0.306 e. The highest BCUT2D eigenvalue weighted by molar-refractivity contribution is 5.70. The van der Waals surface area contributed by atoms with Gasteiger partial charge in [-0.2, -0.15) is 0 Å². The molecule has 2 atom stereocenters. The van der Waals surface area contributed by atoms with Crippen LogP contribution in [-0.2, 0) is 33.3 Å². The Hall–Kier alpha value is -3.27. The van der Waals surface area contributed by atoms with E-state index in [0.717, 1.165) is 83.5 Å². The Kier molecular flexibility index (Phi) is 41.1. The second kappa shape index (κ2) is 43.4. The summed E-state index contributed by atoms with van der Waals surface area (Å²) >= 11 is 0. The molecule has 0 aliphatic heterocycles. The number of unbranched alkanes of at least 4 members (excludes halogenated alkanes) is 16. The smallest absolute Gasteiger partial charge is 0.306 e. The van der Waals surface area contributed by atoms with Gasteiger partial charge < -0.3 is 33.3 Å². The van der Waals surface area contributed by atoms with Crippen molar-refractivity contribution in [2.45, 2.75) is 193 Å². The Balaban J connectivity index is 4.17. The predicted molar refractivity (Wildman–Crippen MR) is 251 cm³/mol. The molecule has 0 aromatic rings. The van der Waals surface area contributed by atoms with Crippen molar-refractivity contribution in [3.63, 3.8) is 0 Å². The molecule has 9 heteroatoms. The van der Waals surface area contributed by atoms with E-state index >= 15 is 0 Å². The number of aliphatic carboxylic acids is 1. The van der Waals surface area contributed by atoms with E-state index in [-0.39, 0.29) is 38.6 Å². The summed E-state index contributed by atoms with van der Waals surface area (Å²) in [6.07, 6.45) is 51.1. The first kappa shape index (κ1) is 57.7. The number of allylic oxidation sites excluding steroid dienone is 12. The number of rotatable bonds is 43. The van der Waals surface area contributed by atoms with Crippen LogP contribution >= 0.6 is 0 Å². The number of carbonyl (C=O) groups excluding carboxylic acids is 3. The van der Waals surface area contributed by atoms with Crippen molar-refractivity contribution < 1.29 is 42.9 Å². The normalized spacial score (nSPS) is 13.5. The molecule has 2 unspecified atom stereocenters. The minimum Gasteiger partial charge on any atom is -0.545 e. The first-order chi connectivity index (χ1) is 29.6. The molecule has 9 nitrogen and oxygen atoms in total. The number of carbonyl (C=O) groups is 3. The van der Waals surface area contributed by atoms with E-state index in [0.29, 0.717) is 17.4 Å². The summed E-state index contributed by atoms with van der Waals surface area (Å²) in [5.41, 5.74) is 0. The van der Waals surface area contributed by atoms with Gasteiger partial charge in [0.1, 0.15) is 13.2 Å². The predicted octanol–water partition coefficient (Wildman–Crippen LogP) is 11.8. The first-order valence-electron chi connectivity index (χ1n) is 24.1. The monoisotopic (exact) mass is 856 g/mol. The minimum absolute atomic E-state index is 0.145. The number of quaternary nitrogens is 1. The number of carboxylic acids is 1. The number of likely N-dealkylation sites (N-methyl/N-ethyl adjacent to an activating group) is 1. The van der Waals surface area contributed by atoms with Gasteiger partial charge in [-0.1, -0.05) is 177 Å². The molecule has 0 heterocycles. The molecular formula is C52H89NO8. The van der Waals surface area contributed by atoms with Gasteiger partial charge in [-0.3, -0.25) is 9.59 Å². The summed E-state index contributed by atoms with van der Waals surface area (Å²) in [4.78, 5) is 36.8. The van der Waals surface area contributed by atoms with Gasteiger partial charge in [-0.25, -0.2) is 0 Å². The van der Waals surface area contributed by atoms with Gasteiger partial charge in [0.2, 0.25) is 0 Å². The molecule has 350 valence electrons. The van der Waals surface area contributed by atoms with Crippen LogP contribution in [0, 0.1) is 0 Å². The van der Waals surface area contributed by atoms with Crippen LogP contribution in [0.3, 0.4) is 0 Å². The van der Waals surface area contributed by atoms with Crippen LogP contribution in [-0.4, -0.2) is 82.3 Å². The molecule has 0 aromatic carbocycles. The molecule has 0 aromatic heterocycles. The zero-order valence-corrected chi connectivity index (χ0v) is 39.5. The van der Waals surface area contributed by atoms with Crippen LogP contribution in [0.1, 0.15) is 181 Å². The second-order valence-electron chi connectivity index (χ2n) is 17.0.